The highest BCUT2D eigenvalue weighted by molar-refractivity contribution is 5.96. The number of nitrogens with zero attached hydrogens (tertiary/aromatic N) is 3. The van der Waals surface area contributed by atoms with Crippen molar-refractivity contribution in [2.24, 2.45) is 12.5 Å². The van der Waals surface area contributed by atoms with Gasteiger partial charge in [-0.05, 0) is 13.3 Å². The summed E-state index contributed by atoms with van der Waals surface area (Å²) in [5.74, 6) is 0.156. The standard InChI is InChI=1S/C10H14N4O/c1-4-10(2,7-11)9(15)12-8-5-6-14(3)13-8/h5-6H,4H2,1-3H3,(H,12,13,15). The molecule has 0 spiro atoms. The smallest absolute Gasteiger partial charge is 0.245 e. The molecule has 0 aliphatic heterocycles. The van der Waals surface area contributed by atoms with Gasteiger partial charge in [-0.2, -0.15) is 10.4 Å². The molecule has 0 bridgehead atoms. The maximum Gasteiger partial charge on any atom is 0.245 e. The fraction of sp³-hybridized carbons (Fsp3) is 0.500. The van der Waals surface area contributed by atoms with Crippen molar-refractivity contribution in [2.45, 2.75) is 20.3 Å². The quantitative estimate of drug-likeness (QED) is 0.810. The van der Waals surface area contributed by atoms with E-state index in [0.29, 0.717) is 12.2 Å². The van der Waals surface area contributed by atoms with Crippen molar-refractivity contribution in [1.82, 2.24) is 9.78 Å². The Kier molecular flexibility index (Phi) is 3.10. The summed E-state index contributed by atoms with van der Waals surface area (Å²) < 4.78 is 1.59. The maximum absolute atomic E-state index is 11.7. The van der Waals surface area contributed by atoms with Crippen LogP contribution in [0.15, 0.2) is 12.3 Å². The van der Waals surface area contributed by atoms with Crippen LogP contribution in [0.3, 0.4) is 0 Å². The van der Waals surface area contributed by atoms with Gasteiger partial charge in [-0.15, -0.1) is 0 Å². The van der Waals surface area contributed by atoms with Crippen molar-refractivity contribution in [1.29, 1.82) is 5.26 Å². The van der Waals surface area contributed by atoms with Gasteiger partial charge in [-0.3, -0.25) is 9.48 Å². The molecule has 0 aliphatic rings. The number of hydrogen-bond acceptors (Lipinski definition) is 3. The van der Waals surface area contributed by atoms with E-state index in [4.69, 9.17) is 5.26 Å². The lowest BCUT2D eigenvalue weighted by molar-refractivity contribution is -0.122. The van der Waals surface area contributed by atoms with E-state index >= 15 is 0 Å². The highest BCUT2D eigenvalue weighted by Crippen LogP contribution is 2.21. The minimum absolute atomic E-state index is 0.314. The van der Waals surface area contributed by atoms with Crippen LogP contribution in [0.5, 0.6) is 0 Å². The Morgan fingerprint density at radius 3 is 2.87 bits per heavy atom. The predicted octanol–water partition coefficient (Wildman–Crippen LogP) is 1.30. The first-order chi connectivity index (χ1) is 7.01. The molecule has 5 nitrogen and oxygen atoms in total. The van der Waals surface area contributed by atoms with Gasteiger partial charge in [0.05, 0.1) is 6.07 Å². The number of amides is 1. The number of carbonyl (C=O) groups excluding carboxylic acids is 1. The third-order valence-electron chi connectivity index (χ3n) is 2.41. The minimum atomic E-state index is -0.989. The maximum atomic E-state index is 11.7. The van der Waals surface area contributed by atoms with Gasteiger partial charge in [0.2, 0.25) is 5.91 Å². The third-order valence-corrected chi connectivity index (χ3v) is 2.41. The molecular weight excluding hydrogens is 192 g/mol. The van der Waals surface area contributed by atoms with E-state index in [0.717, 1.165) is 0 Å². The summed E-state index contributed by atoms with van der Waals surface area (Å²) >= 11 is 0. The lowest BCUT2D eigenvalue weighted by atomic mass is 9.88. The fourth-order valence-electron chi connectivity index (χ4n) is 1.03. The molecule has 0 saturated heterocycles. The van der Waals surface area contributed by atoms with Crippen molar-refractivity contribution in [3.05, 3.63) is 12.3 Å². The molecule has 1 aromatic heterocycles. The van der Waals surface area contributed by atoms with Gasteiger partial charge in [0.1, 0.15) is 5.41 Å². The van der Waals surface area contributed by atoms with Crippen molar-refractivity contribution in [2.75, 3.05) is 5.32 Å². The molecule has 1 aromatic rings. The topological polar surface area (TPSA) is 70.7 Å². The number of nitrogens with one attached hydrogen (secondary N) is 1. The zero-order valence-corrected chi connectivity index (χ0v) is 9.11. The Morgan fingerprint density at radius 2 is 2.47 bits per heavy atom. The van der Waals surface area contributed by atoms with E-state index in [1.165, 1.54) is 0 Å². The average molecular weight is 206 g/mol. The Morgan fingerprint density at radius 1 is 1.80 bits per heavy atom. The Bertz CT molecular complexity index is 404. The second-order valence-corrected chi connectivity index (χ2v) is 3.63. The molecule has 0 radical (unpaired) electrons. The summed E-state index contributed by atoms with van der Waals surface area (Å²) in [7, 11) is 1.76. The molecular formula is C10H14N4O. The zero-order chi connectivity index (χ0) is 11.5. The highest BCUT2D eigenvalue weighted by atomic mass is 16.2. The van der Waals surface area contributed by atoms with Crippen LogP contribution >= 0.6 is 0 Å². The number of hydrogen-bond donors (Lipinski definition) is 1. The highest BCUT2D eigenvalue weighted by Gasteiger charge is 2.31. The Labute approximate surface area is 88.7 Å². The van der Waals surface area contributed by atoms with E-state index in [-0.39, 0.29) is 5.91 Å². The molecule has 1 heterocycles. The molecule has 1 unspecified atom stereocenters. The average Bonchev–Trinajstić information content (AvgIpc) is 2.62. The van der Waals surface area contributed by atoms with Crippen molar-refractivity contribution in [3.8, 4) is 6.07 Å². The Balaban J connectivity index is 2.76. The molecule has 0 aliphatic carbocycles. The minimum Gasteiger partial charge on any atom is -0.308 e. The van der Waals surface area contributed by atoms with E-state index in [9.17, 15) is 4.79 Å². The van der Waals surface area contributed by atoms with E-state index in [2.05, 4.69) is 10.4 Å². The SMILES string of the molecule is CCC(C)(C#N)C(=O)Nc1ccn(C)n1. The normalized spacial score (nSPS) is 14.0. The van der Waals surface area contributed by atoms with Crippen LogP contribution in [-0.4, -0.2) is 15.7 Å². The number of aromatic nitrogens is 2. The number of nitriles is 1. The van der Waals surface area contributed by atoms with Gasteiger partial charge in [0.25, 0.3) is 0 Å². The number of anilines is 1. The zero-order valence-electron chi connectivity index (χ0n) is 9.11. The van der Waals surface area contributed by atoms with Crippen molar-refractivity contribution in [3.63, 3.8) is 0 Å². The fourth-order valence-corrected chi connectivity index (χ4v) is 1.03. The lowest BCUT2D eigenvalue weighted by Crippen LogP contribution is -2.31. The Hall–Kier alpha value is -1.83. The van der Waals surface area contributed by atoms with Gasteiger partial charge in [-0.25, -0.2) is 0 Å². The van der Waals surface area contributed by atoms with Gasteiger partial charge >= 0.3 is 0 Å². The predicted molar refractivity (Wildman–Crippen MR) is 55.8 cm³/mol. The first-order valence-electron chi connectivity index (χ1n) is 4.74. The van der Waals surface area contributed by atoms with Crippen LogP contribution in [0.2, 0.25) is 0 Å². The van der Waals surface area contributed by atoms with Crippen LogP contribution in [0, 0.1) is 16.7 Å². The molecule has 0 aromatic carbocycles. The molecule has 1 amide bonds. The molecule has 0 saturated carbocycles. The van der Waals surface area contributed by atoms with Crippen LogP contribution in [-0.2, 0) is 11.8 Å². The number of aryl methyl sites for hydroxylation is 1. The van der Waals surface area contributed by atoms with Crippen LogP contribution in [0.1, 0.15) is 20.3 Å². The van der Waals surface area contributed by atoms with Crippen LogP contribution in [0.4, 0.5) is 5.82 Å². The summed E-state index contributed by atoms with van der Waals surface area (Å²) in [4.78, 5) is 11.7. The number of carbonyl (C=O) groups is 1. The van der Waals surface area contributed by atoms with E-state index in [1.54, 1.807) is 37.8 Å². The first-order valence-corrected chi connectivity index (χ1v) is 4.74. The summed E-state index contributed by atoms with van der Waals surface area (Å²) in [6.45, 7) is 3.42. The van der Waals surface area contributed by atoms with E-state index in [1.807, 2.05) is 6.07 Å². The molecule has 1 atom stereocenters. The third kappa shape index (κ3) is 2.34. The largest absolute Gasteiger partial charge is 0.308 e. The second-order valence-electron chi connectivity index (χ2n) is 3.63. The number of rotatable bonds is 3. The van der Waals surface area contributed by atoms with Gasteiger partial charge in [-0.1, -0.05) is 6.92 Å². The van der Waals surface area contributed by atoms with E-state index < -0.39 is 5.41 Å². The van der Waals surface area contributed by atoms with Gasteiger partial charge < -0.3 is 5.32 Å². The first kappa shape index (κ1) is 11.2. The lowest BCUT2D eigenvalue weighted by Gasteiger charge is -2.17. The van der Waals surface area contributed by atoms with Crippen molar-refractivity contribution < 1.29 is 4.79 Å². The molecule has 1 rings (SSSR count). The van der Waals surface area contributed by atoms with Gasteiger partial charge in [0, 0.05) is 19.3 Å². The van der Waals surface area contributed by atoms with Crippen LogP contribution in [0.25, 0.3) is 0 Å². The molecule has 0 fully saturated rings. The monoisotopic (exact) mass is 206 g/mol. The summed E-state index contributed by atoms with van der Waals surface area (Å²) in [6.07, 6.45) is 2.20. The summed E-state index contributed by atoms with van der Waals surface area (Å²) in [5, 5.41) is 15.5. The van der Waals surface area contributed by atoms with Gasteiger partial charge in [0.15, 0.2) is 5.82 Å². The molecule has 80 valence electrons. The van der Waals surface area contributed by atoms with Crippen molar-refractivity contribution >= 4 is 11.7 Å². The second kappa shape index (κ2) is 4.13. The molecule has 15 heavy (non-hydrogen) atoms. The molecule has 1 N–H and O–H groups in total. The molecule has 5 heteroatoms. The summed E-state index contributed by atoms with van der Waals surface area (Å²) in [6, 6.07) is 3.69. The summed E-state index contributed by atoms with van der Waals surface area (Å²) in [5.41, 5.74) is -0.989. The van der Waals surface area contributed by atoms with Crippen LogP contribution < -0.4 is 5.32 Å².